The minimum absolute atomic E-state index is 0.0514. The molecule has 1 atom stereocenters. The Kier molecular flexibility index (Phi) is 4.09. The molecule has 3 heteroatoms. The van der Waals surface area contributed by atoms with Crippen LogP contribution in [0, 0.1) is 17.3 Å². The molecule has 0 aromatic heterocycles. The van der Waals surface area contributed by atoms with Gasteiger partial charge in [-0.05, 0) is 48.0 Å². The van der Waals surface area contributed by atoms with Crippen LogP contribution < -0.4 is 0 Å². The first-order chi connectivity index (χ1) is 7.18. The van der Waals surface area contributed by atoms with Gasteiger partial charge >= 0.3 is 7.12 Å². The van der Waals surface area contributed by atoms with Crippen LogP contribution in [0.15, 0.2) is 0 Å². The van der Waals surface area contributed by atoms with Crippen molar-refractivity contribution in [1.82, 2.24) is 0 Å². The Hall–Kier alpha value is -0.455. The monoisotopic (exact) mass is 222 g/mol. The second-order valence-electron chi connectivity index (χ2n) is 6.21. The van der Waals surface area contributed by atoms with E-state index in [0.29, 0.717) is 6.32 Å². The van der Waals surface area contributed by atoms with Crippen LogP contribution in [-0.2, 0) is 9.31 Å². The molecule has 0 aliphatic carbocycles. The van der Waals surface area contributed by atoms with Crippen LogP contribution in [0.5, 0.6) is 0 Å². The molecule has 1 saturated heterocycles. The van der Waals surface area contributed by atoms with Gasteiger partial charge in [0.1, 0.15) is 0 Å². The van der Waals surface area contributed by atoms with Crippen molar-refractivity contribution in [2.75, 3.05) is 0 Å². The molecule has 0 saturated carbocycles. The van der Waals surface area contributed by atoms with E-state index in [1.807, 2.05) is 0 Å². The lowest BCUT2D eigenvalue weighted by Gasteiger charge is -2.37. The lowest BCUT2D eigenvalue weighted by atomic mass is 9.79. The fraction of sp³-hybridized carbons (Fsp3) is 0.846. The van der Waals surface area contributed by atoms with Crippen LogP contribution in [0.1, 0.15) is 48.0 Å². The van der Waals surface area contributed by atoms with Gasteiger partial charge in [0.25, 0.3) is 0 Å². The van der Waals surface area contributed by atoms with Crippen LogP contribution in [0.2, 0.25) is 6.32 Å². The lowest BCUT2D eigenvalue weighted by Crippen LogP contribution is -2.45. The Morgan fingerprint density at radius 3 is 2.50 bits per heavy atom. The molecule has 1 heterocycles. The summed E-state index contributed by atoms with van der Waals surface area (Å²) in [5, 5.41) is 0. The molecule has 0 amide bonds. The average Bonchev–Trinajstić information content (AvgIpc) is 1.96. The van der Waals surface area contributed by atoms with Gasteiger partial charge in [-0.25, -0.2) is 0 Å². The first-order valence-electron chi connectivity index (χ1n) is 6.01. The minimum Gasteiger partial charge on any atom is -0.408 e. The Morgan fingerprint density at radius 1 is 1.38 bits per heavy atom. The van der Waals surface area contributed by atoms with E-state index in [9.17, 15) is 0 Å². The highest BCUT2D eigenvalue weighted by atomic mass is 16.6. The molecule has 16 heavy (non-hydrogen) atoms. The quantitative estimate of drug-likeness (QED) is 0.501. The Morgan fingerprint density at radius 2 is 2.00 bits per heavy atom. The molecule has 1 aliphatic heterocycles. The molecule has 0 aromatic carbocycles. The molecule has 0 bridgehead atoms. The summed E-state index contributed by atoms with van der Waals surface area (Å²) in [5.74, 6) is 6.35. The zero-order valence-corrected chi connectivity index (χ0v) is 11.4. The third kappa shape index (κ3) is 5.05. The summed E-state index contributed by atoms with van der Waals surface area (Å²) < 4.78 is 11.5. The van der Waals surface area contributed by atoms with Gasteiger partial charge in [-0.1, -0.05) is 5.92 Å². The summed E-state index contributed by atoms with van der Waals surface area (Å²) in [6.07, 6.45) is 1.85. The minimum atomic E-state index is -0.173. The summed E-state index contributed by atoms with van der Waals surface area (Å²) in [6, 6.07) is 0. The Bertz CT molecular complexity index is 293. The van der Waals surface area contributed by atoms with E-state index in [1.165, 1.54) is 0 Å². The van der Waals surface area contributed by atoms with Crippen LogP contribution in [0.4, 0.5) is 0 Å². The highest BCUT2D eigenvalue weighted by molar-refractivity contribution is 6.45. The Balaban J connectivity index is 2.51. The molecule has 1 aliphatic rings. The highest BCUT2D eigenvalue weighted by Gasteiger charge is 2.36. The SMILES string of the molecule is CC1CC(C)(C)OB(CC#CC(C)(C)C)O1. The molecular formula is C13H23BO2. The van der Waals surface area contributed by atoms with Crippen molar-refractivity contribution in [3.8, 4) is 11.8 Å². The first-order valence-corrected chi connectivity index (χ1v) is 6.01. The largest absolute Gasteiger partial charge is 0.470 e. The summed E-state index contributed by atoms with van der Waals surface area (Å²) in [5.41, 5.74) is -0.0401. The zero-order valence-electron chi connectivity index (χ0n) is 11.4. The van der Waals surface area contributed by atoms with E-state index in [1.54, 1.807) is 0 Å². The van der Waals surface area contributed by atoms with Crippen molar-refractivity contribution in [3.63, 3.8) is 0 Å². The van der Waals surface area contributed by atoms with Gasteiger partial charge in [-0.15, -0.1) is 5.92 Å². The molecule has 90 valence electrons. The van der Waals surface area contributed by atoms with Crippen LogP contribution in [0.3, 0.4) is 0 Å². The average molecular weight is 222 g/mol. The third-order valence-electron chi connectivity index (χ3n) is 2.35. The molecule has 1 rings (SSSR count). The van der Waals surface area contributed by atoms with E-state index in [2.05, 4.69) is 53.4 Å². The normalized spacial score (nSPS) is 24.9. The second-order valence-corrected chi connectivity index (χ2v) is 6.21. The summed E-state index contributed by atoms with van der Waals surface area (Å²) in [4.78, 5) is 0. The summed E-state index contributed by atoms with van der Waals surface area (Å²) >= 11 is 0. The maximum absolute atomic E-state index is 5.83. The second kappa shape index (κ2) is 4.81. The van der Waals surface area contributed by atoms with Gasteiger partial charge < -0.3 is 9.31 Å². The molecule has 2 nitrogen and oxygen atoms in total. The van der Waals surface area contributed by atoms with Crippen molar-refractivity contribution in [2.24, 2.45) is 5.41 Å². The van der Waals surface area contributed by atoms with Crippen LogP contribution >= 0.6 is 0 Å². The van der Waals surface area contributed by atoms with E-state index >= 15 is 0 Å². The van der Waals surface area contributed by atoms with Crippen molar-refractivity contribution < 1.29 is 9.31 Å². The van der Waals surface area contributed by atoms with Crippen LogP contribution in [0.25, 0.3) is 0 Å². The van der Waals surface area contributed by atoms with E-state index in [-0.39, 0.29) is 24.2 Å². The van der Waals surface area contributed by atoms with Gasteiger partial charge in [0.2, 0.25) is 0 Å². The standard InChI is InChI=1S/C13H23BO2/c1-11-10-13(5,6)16-14(15-11)9-7-8-12(2,3)4/h11H,9-10H2,1-6H3. The number of hydrogen-bond acceptors (Lipinski definition) is 2. The fourth-order valence-corrected chi connectivity index (χ4v) is 1.92. The topological polar surface area (TPSA) is 18.5 Å². The van der Waals surface area contributed by atoms with E-state index < -0.39 is 0 Å². The Labute approximate surface area is 100 Å². The van der Waals surface area contributed by atoms with Crippen LogP contribution in [-0.4, -0.2) is 18.8 Å². The van der Waals surface area contributed by atoms with Gasteiger partial charge in [-0.2, -0.15) is 0 Å². The molecule has 0 aromatic rings. The molecule has 0 radical (unpaired) electrons. The van der Waals surface area contributed by atoms with Crippen molar-refractivity contribution in [2.45, 2.75) is 66.0 Å². The summed E-state index contributed by atoms with van der Waals surface area (Å²) in [7, 11) is -0.173. The maximum Gasteiger partial charge on any atom is 0.470 e. The zero-order chi connectivity index (χ0) is 12.4. The first kappa shape index (κ1) is 13.6. The molecule has 1 fully saturated rings. The van der Waals surface area contributed by atoms with Crippen molar-refractivity contribution in [3.05, 3.63) is 0 Å². The van der Waals surface area contributed by atoms with Crippen molar-refractivity contribution in [1.29, 1.82) is 0 Å². The summed E-state index contributed by atoms with van der Waals surface area (Å²) in [6.45, 7) is 12.6. The highest BCUT2D eigenvalue weighted by Crippen LogP contribution is 2.26. The van der Waals surface area contributed by atoms with Gasteiger partial charge in [0.15, 0.2) is 0 Å². The molecule has 1 unspecified atom stereocenters. The predicted molar refractivity (Wildman–Crippen MR) is 68.1 cm³/mol. The van der Waals surface area contributed by atoms with E-state index in [4.69, 9.17) is 9.31 Å². The molecular weight excluding hydrogens is 199 g/mol. The molecule has 0 spiro atoms. The third-order valence-corrected chi connectivity index (χ3v) is 2.35. The number of hydrogen-bond donors (Lipinski definition) is 0. The maximum atomic E-state index is 5.83. The van der Waals surface area contributed by atoms with Gasteiger partial charge in [-0.3, -0.25) is 0 Å². The van der Waals surface area contributed by atoms with Gasteiger partial charge in [0.05, 0.1) is 5.60 Å². The molecule has 0 N–H and O–H groups in total. The van der Waals surface area contributed by atoms with E-state index in [0.717, 1.165) is 6.42 Å². The number of rotatable bonds is 1. The van der Waals surface area contributed by atoms with Gasteiger partial charge in [0, 0.05) is 17.8 Å². The predicted octanol–water partition coefficient (Wildman–Crippen LogP) is 3.13. The van der Waals surface area contributed by atoms with Crippen molar-refractivity contribution >= 4 is 7.12 Å². The lowest BCUT2D eigenvalue weighted by molar-refractivity contribution is -0.0274. The smallest absolute Gasteiger partial charge is 0.408 e. The fourth-order valence-electron chi connectivity index (χ4n) is 1.92.